The summed E-state index contributed by atoms with van der Waals surface area (Å²) in [5, 5.41) is 0.374. The fourth-order valence-corrected chi connectivity index (χ4v) is 5.88. The molecule has 2 heteroatoms. The largest absolute Gasteiger partial charge is 0.283 e. The summed E-state index contributed by atoms with van der Waals surface area (Å²) >= 11 is 0. The molecule has 0 aromatic heterocycles. The van der Waals surface area contributed by atoms with Crippen LogP contribution < -0.4 is 0 Å². The molecule has 0 aliphatic carbocycles. The maximum Gasteiger partial charge on any atom is 0.201 e. The monoisotopic (exact) mass is 420 g/mol. The predicted molar refractivity (Wildman–Crippen MR) is 135 cm³/mol. The van der Waals surface area contributed by atoms with Gasteiger partial charge in [-0.05, 0) is 24.7 Å². The molecule has 0 spiro atoms. The molecule has 0 atom stereocenters. The first-order chi connectivity index (χ1) is 14.1. The quantitative estimate of drug-likeness (QED) is 0.216. The number of hydrogen-bond acceptors (Lipinski definition) is 1. The number of carbonyl (C=O) groups is 1. The number of carbonyl (C=O) groups excluding carboxylic acids is 1. The summed E-state index contributed by atoms with van der Waals surface area (Å²) in [7, 11) is -1.17. The number of rotatable bonds is 18. The summed E-state index contributed by atoms with van der Waals surface area (Å²) in [4.78, 5) is 12.7. The van der Waals surface area contributed by atoms with Crippen LogP contribution >= 0.6 is 10.0 Å². The fraction of sp³-hybridized carbons (Fsp3) is 0.741. The smallest absolute Gasteiger partial charge is 0.201 e. The van der Waals surface area contributed by atoms with E-state index >= 15 is 0 Å². The molecule has 168 valence electrons. The van der Waals surface area contributed by atoms with Crippen molar-refractivity contribution in [1.29, 1.82) is 0 Å². The first-order valence-electron chi connectivity index (χ1n) is 12.4. The molecular weight excluding hydrogens is 372 g/mol. The summed E-state index contributed by atoms with van der Waals surface area (Å²) in [5.41, 5.74) is 0.893. The molecule has 1 aromatic rings. The van der Waals surface area contributed by atoms with Crippen LogP contribution in [0.3, 0.4) is 0 Å². The van der Waals surface area contributed by atoms with Gasteiger partial charge in [-0.25, -0.2) is 0 Å². The van der Waals surface area contributed by atoms with Crippen molar-refractivity contribution in [2.75, 3.05) is 18.3 Å². The average molecular weight is 421 g/mol. The SMILES string of the molecule is CCCCCCCCCCCCCCCCCCS(C)(C)C(=O)c1ccccc1. The molecule has 1 rings (SSSR count). The molecule has 0 aliphatic rings. The molecule has 0 heterocycles. The first-order valence-corrected chi connectivity index (χ1v) is 15.0. The van der Waals surface area contributed by atoms with Crippen molar-refractivity contribution in [2.45, 2.75) is 110 Å². The maximum absolute atomic E-state index is 12.7. The lowest BCUT2D eigenvalue weighted by molar-refractivity contribution is 0.108. The lowest BCUT2D eigenvalue weighted by Gasteiger charge is -2.29. The molecule has 0 radical (unpaired) electrons. The van der Waals surface area contributed by atoms with Crippen LogP contribution in [0.5, 0.6) is 0 Å². The summed E-state index contributed by atoms with van der Waals surface area (Å²) in [6, 6.07) is 9.85. The summed E-state index contributed by atoms with van der Waals surface area (Å²) in [6.45, 7) is 2.29. The van der Waals surface area contributed by atoms with Crippen LogP contribution in [-0.4, -0.2) is 23.4 Å². The lowest BCUT2D eigenvalue weighted by atomic mass is 10.0. The van der Waals surface area contributed by atoms with Crippen LogP contribution in [0.25, 0.3) is 0 Å². The van der Waals surface area contributed by atoms with Crippen molar-refractivity contribution in [1.82, 2.24) is 0 Å². The molecule has 1 nitrogen and oxygen atoms in total. The zero-order chi connectivity index (χ0) is 21.2. The Morgan fingerprint density at radius 1 is 0.621 bits per heavy atom. The number of unbranched alkanes of at least 4 members (excludes halogenated alkanes) is 15. The van der Waals surface area contributed by atoms with E-state index in [-0.39, 0.29) is 0 Å². The van der Waals surface area contributed by atoms with Crippen molar-refractivity contribution in [3.05, 3.63) is 35.9 Å². The van der Waals surface area contributed by atoms with Gasteiger partial charge in [0.15, 0.2) is 0 Å². The zero-order valence-corrected chi connectivity index (χ0v) is 20.5. The van der Waals surface area contributed by atoms with E-state index in [9.17, 15) is 4.79 Å². The molecule has 0 saturated heterocycles. The van der Waals surface area contributed by atoms with E-state index in [1.165, 1.54) is 103 Å². The summed E-state index contributed by atoms with van der Waals surface area (Å²) < 4.78 is 0. The Morgan fingerprint density at radius 2 is 1.00 bits per heavy atom. The van der Waals surface area contributed by atoms with Crippen molar-refractivity contribution in [2.24, 2.45) is 0 Å². The first kappa shape index (κ1) is 26.3. The molecular formula is C27H48OS. The van der Waals surface area contributed by atoms with Gasteiger partial charge in [0.25, 0.3) is 0 Å². The normalized spacial score (nSPS) is 12.2. The highest BCUT2D eigenvalue weighted by atomic mass is 32.3. The van der Waals surface area contributed by atoms with Gasteiger partial charge < -0.3 is 0 Å². The molecule has 0 amide bonds. The van der Waals surface area contributed by atoms with Crippen LogP contribution in [0, 0.1) is 0 Å². The van der Waals surface area contributed by atoms with Crippen LogP contribution in [-0.2, 0) is 0 Å². The van der Waals surface area contributed by atoms with E-state index in [4.69, 9.17) is 0 Å². The molecule has 29 heavy (non-hydrogen) atoms. The Bertz CT molecular complexity index is 509. The van der Waals surface area contributed by atoms with Crippen molar-refractivity contribution < 1.29 is 4.79 Å². The number of benzene rings is 1. The second kappa shape index (κ2) is 17.0. The molecule has 1 aromatic carbocycles. The Kier molecular flexibility index (Phi) is 15.4. The highest BCUT2D eigenvalue weighted by Crippen LogP contribution is 2.44. The Morgan fingerprint density at radius 3 is 1.41 bits per heavy atom. The van der Waals surface area contributed by atoms with Crippen LogP contribution in [0.1, 0.15) is 120 Å². The third-order valence-corrected chi connectivity index (χ3v) is 8.57. The van der Waals surface area contributed by atoms with Crippen LogP contribution in [0.15, 0.2) is 30.3 Å². The molecule has 0 fully saturated rings. The van der Waals surface area contributed by atoms with Gasteiger partial charge in [0.1, 0.15) is 0 Å². The Labute approximate surface area is 183 Å². The van der Waals surface area contributed by atoms with Gasteiger partial charge in [-0.2, -0.15) is 10.0 Å². The lowest BCUT2D eigenvalue weighted by Crippen LogP contribution is -2.13. The number of hydrogen-bond donors (Lipinski definition) is 0. The predicted octanol–water partition coefficient (Wildman–Crippen LogP) is 9.15. The van der Waals surface area contributed by atoms with Gasteiger partial charge in [-0.3, -0.25) is 4.79 Å². The van der Waals surface area contributed by atoms with E-state index in [0.717, 1.165) is 11.3 Å². The zero-order valence-electron chi connectivity index (χ0n) is 19.7. The maximum atomic E-state index is 12.7. The van der Waals surface area contributed by atoms with Gasteiger partial charge in [0.05, 0.1) is 0 Å². The van der Waals surface area contributed by atoms with Gasteiger partial charge in [-0.1, -0.05) is 134 Å². The standard InChI is InChI=1S/C27H48OS/c1-4-5-6-7-8-9-10-11-12-13-14-15-16-17-18-22-25-29(2,3)27(28)26-23-20-19-21-24-26/h19-21,23-24H,4-18,22,25H2,1-3H3. The average Bonchev–Trinajstić information content (AvgIpc) is 2.73. The van der Waals surface area contributed by atoms with Gasteiger partial charge in [0, 0.05) is 5.56 Å². The highest BCUT2D eigenvalue weighted by Gasteiger charge is 2.22. The van der Waals surface area contributed by atoms with E-state index < -0.39 is 10.0 Å². The fourth-order valence-electron chi connectivity index (χ4n) is 4.00. The van der Waals surface area contributed by atoms with Crippen molar-refractivity contribution in [3.63, 3.8) is 0 Å². The van der Waals surface area contributed by atoms with E-state index in [1.807, 2.05) is 30.3 Å². The molecule has 0 aliphatic heterocycles. The van der Waals surface area contributed by atoms with E-state index in [0.29, 0.717) is 5.12 Å². The van der Waals surface area contributed by atoms with Crippen LogP contribution in [0.4, 0.5) is 0 Å². The summed E-state index contributed by atoms with van der Waals surface area (Å²) in [6.07, 6.45) is 26.7. The van der Waals surface area contributed by atoms with Gasteiger partial charge in [0.2, 0.25) is 5.12 Å². The van der Waals surface area contributed by atoms with Crippen molar-refractivity contribution in [3.8, 4) is 0 Å². The minimum absolute atomic E-state index is 0.374. The van der Waals surface area contributed by atoms with E-state index in [1.54, 1.807) is 0 Å². The Hall–Kier alpha value is -0.760. The molecule has 0 N–H and O–H groups in total. The molecule has 0 unspecified atom stereocenters. The minimum Gasteiger partial charge on any atom is -0.283 e. The molecule has 0 saturated carbocycles. The van der Waals surface area contributed by atoms with E-state index in [2.05, 4.69) is 19.4 Å². The third-order valence-electron chi connectivity index (χ3n) is 6.02. The van der Waals surface area contributed by atoms with Crippen molar-refractivity contribution >= 4 is 15.1 Å². The second-order valence-corrected chi connectivity index (χ2v) is 13.1. The Balaban J connectivity index is 1.90. The second-order valence-electron chi connectivity index (χ2n) is 9.20. The molecule has 0 bridgehead atoms. The minimum atomic E-state index is -1.17. The summed E-state index contributed by atoms with van der Waals surface area (Å²) in [5.74, 6) is 1.08. The van der Waals surface area contributed by atoms with Gasteiger partial charge in [-0.15, -0.1) is 0 Å². The van der Waals surface area contributed by atoms with Crippen LogP contribution in [0.2, 0.25) is 0 Å². The van der Waals surface area contributed by atoms with Gasteiger partial charge >= 0.3 is 0 Å². The third kappa shape index (κ3) is 13.2. The highest BCUT2D eigenvalue weighted by molar-refractivity contribution is 8.44. The topological polar surface area (TPSA) is 17.1 Å².